The van der Waals surface area contributed by atoms with E-state index in [0.29, 0.717) is 6.42 Å². The molecular weight excluding hydrogens is 218 g/mol. The SMILES string of the molecule is CC(C)(C)Sc1ccc2c(c1)C(=O)CC=N2. The van der Waals surface area contributed by atoms with Gasteiger partial charge in [0.1, 0.15) is 0 Å². The van der Waals surface area contributed by atoms with Crippen LogP contribution in [0.25, 0.3) is 0 Å². The Balaban J connectivity index is 2.35. The molecule has 2 nitrogen and oxygen atoms in total. The van der Waals surface area contributed by atoms with E-state index in [-0.39, 0.29) is 10.5 Å². The molecule has 0 saturated carbocycles. The number of aliphatic imine (C=N–C) groups is 1. The Morgan fingerprint density at radius 1 is 1.31 bits per heavy atom. The maximum Gasteiger partial charge on any atom is 0.170 e. The van der Waals surface area contributed by atoms with Gasteiger partial charge in [-0.15, -0.1) is 11.8 Å². The third-order valence-corrected chi connectivity index (χ3v) is 3.30. The molecule has 3 heteroatoms. The van der Waals surface area contributed by atoms with Crippen LogP contribution in [0.1, 0.15) is 37.6 Å². The van der Waals surface area contributed by atoms with Crippen LogP contribution in [-0.2, 0) is 0 Å². The molecule has 0 aromatic heterocycles. The molecular formula is C13H15NOS. The van der Waals surface area contributed by atoms with Crippen molar-refractivity contribution in [3.63, 3.8) is 0 Å². The van der Waals surface area contributed by atoms with E-state index >= 15 is 0 Å². The molecule has 0 atom stereocenters. The Labute approximate surface area is 100 Å². The number of hydrogen-bond donors (Lipinski definition) is 0. The van der Waals surface area contributed by atoms with Crippen LogP contribution in [-0.4, -0.2) is 16.7 Å². The van der Waals surface area contributed by atoms with E-state index in [4.69, 9.17) is 0 Å². The zero-order valence-electron chi connectivity index (χ0n) is 9.78. The molecule has 2 rings (SSSR count). The fourth-order valence-electron chi connectivity index (χ4n) is 1.60. The largest absolute Gasteiger partial charge is 0.294 e. The number of Topliss-reactive ketones (excluding diaryl/α,β-unsaturated/α-hetero) is 1. The highest BCUT2D eigenvalue weighted by Gasteiger charge is 2.17. The van der Waals surface area contributed by atoms with Gasteiger partial charge in [0, 0.05) is 27.8 Å². The van der Waals surface area contributed by atoms with E-state index in [1.54, 1.807) is 18.0 Å². The Morgan fingerprint density at radius 3 is 2.75 bits per heavy atom. The molecule has 1 aromatic carbocycles. The lowest BCUT2D eigenvalue weighted by Gasteiger charge is -2.18. The van der Waals surface area contributed by atoms with Crippen molar-refractivity contribution in [2.24, 2.45) is 4.99 Å². The lowest BCUT2D eigenvalue weighted by atomic mass is 10.0. The summed E-state index contributed by atoms with van der Waals surface area (Å²) in [5, 5.41) is 0. The van der Waals surface area contributed by atoms with Gasteiger partial charge in [0.2, 0.25) is 0 Å². The summed E-state index contributed by atoms with van der Waals surface area (Å²) < 4.78 is 0.162. The maximum absolute atomic E-state index is 11.7. The van der Waals surface area contributed by atoms with E-state index in [2.05, 4.69) is 25.8 Å². The molecule has 0 N–H and O–H groups in total. The zero-order valence-corrected chi connectivity index (χ0v) is 10.6. The summed E-state index contributed by atoms with van der Waals surface area (Å²) >= 11 is 1.77. The molecule has 0 fully saturated rings. The molecule has 0 unspecified atom stereocenters. The highest BCUT2D eigenvalue weighted by molar-refractivity contribution is 8.00. The maximum atomic E-state index is 11.7. The fraction of sp³-hybridized carbons (Fsp3) is 0.385. The van der Waals surface area contributed by atoms with Crippen LogP contribution in [0.2, 0.25) is 0 Å². The Bertz CT molecular complexity index is 457. The third kappa shape index (κ3) is 2.53. The number of benzene rings is 1. The molecule has 1 aliphatic rings. The number of carbonyl (C=O) groups is 1. The molecule has 0 saturated heterocycles. The Morgan fingerprint density at radius 2 is 2.06 bits per heavy atom. The highest BCUT2D eigenvalue weighted by Crippen LogP contribution is 2.35. The van der Waals surface area contributed by atoms with Gasteiger partial charge in [0.25, 0.3) is 0 Å². The molecule has 0 spiro atoms. The minimum absolute atomic E-state index is 0.162. The number of nitrogens with zero attached hydrogens (tertiary/aromatic N) is 1. The molecule has 0 amide bonds. The van der Waals surface area contributed by atoms with Gasteiger partial charge in [0.15, 0.2) is 5.78 Å². The van der Waals surface area contributed by atoms with Crippen LogP contribution in [0, 0.1) is 0 Å². The lowest BCUT2D eigenvalue weighted by Crippen LogP contribution is -2.08. The van der Waals surface area contributed by atoms with E-state index in [1.165, 1.54) is 0 Å². The Kier molecular flexibility index (Phi) is 2.89. The molecule has 0 radical (unpaired) electrons. The van der Waals surface area contributed by atoms with Gasteiger partial charge in [0.05, 0.1) is 5.69 Å². The quantitative estimate of drug-likeness (QED) is 0.689. The molecule has 1 aliphatic heterocycles. The molecule has 0 bridgehead atoms. The summed E-state index contributed by atoms with van der Waals surface area (Å²) in [4.78, 5) is 17.1. The van der Waals surface area contributed by atoms with Crippen molar-refractivity contribution < 1.29 is 4.79 Å². The number of hydrogen-bond acceptors (Lipinski definition) is 3. The first-order valence-corrected chi connectivity index (χ1v) is 6.16. The molecule has 1 aromatic rings. The van der Waals surface area contributed by atoms with Gasteiger partial charge >= 0.3 is 0 Å². The molecule has 84 valence electrons. The monoisotopic (exact) mass is 233 g/mol. The average Bonchev–Trinajstić information content (AvgIpc) is 2.17. The first kappa shape index (κ1) is 11.4. The second-order valence-electron chi connectivity index (χ2n) is 4.83. The van der Waals surface area contributed by atoms with Gasteiger partial charge in [-0.1, -0.05) is 20.8 Å². The second-order valence-corrected chi connectivity index (χ2v) is 6.73. The van der Waals surface area contributed by atoms with Gasteiger partial charge < -0.3 is 0 Å². The highest BCUT2D eigenvalue weighted by atomic mass is 32.2. The number of fused-ring (bicyclic) bond motifs is 1. The van der Waals surface area contributed by atoms with Crippen LogP contribution in [0.15, 0.2) is 28.1 Å². The normalized spacial score (nSPS) is 15.1. The van der Waals surface area contributed by atoms with Crippen LogP contribution in [0.3, 0.4) is 0 Å². The third-order valence-electron chi connectivity index (χ3n) is 2.20. The van der Waals surface area contributed by atoms with Gasteiger partial charge in [-0.3, -0.25) is 9.79 Å². The molecule has 0 aliphatic carbocycles. The van der Waals surface area contributed by atoms with Gasteiger partial charge in [-0.2, -0.15) is 0 Å². The van der Waals surface area contributed by atoms with Gasteiger partial charge in [-0.25, -0.2) is 0 Å². The first-order valence-electron chi connectivity index (χ1n) is 5.34. The Hall–Kier alpha value is -1.09. The average molecular weight is 233 g/mol. The van der Waals surface area contributed by atoms with Crippen molar-refractivity contribution >= 4 is 29.4 Å². The van der Waals surface area contributed by atoms with E-state index in [0.717, 1.165) is 16.1 Å². The summed E-state index contributed by atoms with van der Waals surface area (Å²) in [7, 11) is 0. The van der Waals surface area contributed by atoms with Crippen molar-refractivity contribution in [1.82, 2.24) is 0 Å². The van der Waals surface area contributed by atoms with Crippen LogP contribution in [0.5, 0.6) is 0 Å². The number of ketones is 1. The standard InChI is InChI=1S/C13H15NOS/c1-13(2,3)16-9-4-5-11-10(8-9)12(15)6-7-14-11/h4-5,7-8H,6H2,1-3H3. The molecule has 1 heterocycles. The number of rotatable bonds is 1. The lowest BCUT2D eigenvalue weighted by molar-refractivity contribution is 0.100. The minimum Gasteiger partial charge on any atom is -0.294 e. The number of thioether (sulfide) groups is 1. The first-order chi connectivity index (χ1) is 7.46. The summed E-state index contributed by atoms with van der Waals surface area (Å²) in [6.45, 7) is 6.49. The van der Waals surface area contributed by atoms with Crippen LogP contribution < -0.4 is 0 Å². The van der Waals surface area contributed by atoms with Crippen molar-refractivity contribution in [3.8, 4) is 0 Å². The topological polar surface area (TPSA) is 29.4 Å². The zero-order chi connectivity index (χ0) is 11.8. The van der Waals surface area contributed by atoms with Crippen molar-refractivity contribution in [2.45, 2.75) is 36.8 Å². The second kappa shape index (κ2) is 4.06. The molecule has 16 heavy (non-hydrogen) atoms. The van der Waals surface area contributed by atoms with Crippen molar-refractivity contribution in [1.29, 1.82) is 0 Å². The van der Waals surface area contributed by atoms with E-state index < -0.39 is 0 Å². The van der Waals surface area contributed by atoms with Crippen molar-refractivity contribution in [3.05, 3.63) is 23.8 Å². The van der Waals surface area contributed by atoms with Gasteiger partial charge in [-0.05, 0) is 18.2 Å². The summed E-state index contributed by atoms with van der Waals surface area (Å²) in [5.41, 5.74) is 1.56. The van der Waals surface area contributed by atoms with Crippen molar-refractivity contribution in [2.75, 3.05) is 0 Å². The van der Waals surface area contributed by atoms with E-state index in [1.807, 2.05) is 18.2 Å². The van der Waals surface area contributed by atoms with E-state index in [9.17, 15) is 4.79 Å². The smallest absolute Gasteiger partial charge is 0.170 e. The van der Waals surface area contributed by atoms with Crippen LogP contribution >= 0.6 is 11.8 Å². The predicted molar refractivity (Wildman–Crippen MR) is 69.2 cm³/mol. The fourth-order valence-corrected chi connectivity index (χ4v) is 2.62. The number of carbonyl (C=O) groups excluding carboxylic acids is 1. The summed E-state index contributed by atoms with van der Waals surface area (Å²) in [5.74, 6) is 0.168. The predicted octanol–water partition coefficient (Wildman–Crippen LogP) is 3.87. The summed E-state index contributed by atoms with van der Waals surface area (Å²) in [6.07, 6.45) is 2.11. The van der Waals surface area contributed by atoms with Crippen LogP contribution in [0.4, 0.5) is 5.69 Å². The summed E-state index contributed by atoms with van der Waals surface area (Å²) in [6, 6.07) is 5.92. The minimum atomic E-state index is 0.162.